The first-order valence-corrected chi connectivity index (χ1v) is 10.3. The Labute approximate surface area is 177 Å². The number of rotatable bonds is 8. The predicted molar refractivity (Wildman–Crippen MR) is 113 cm³/mol. The molecule has 30 heavy (non-hydrogen) atoms. The zero-order chi connectivity index (χ0) is 21.7. The molecule has 1 amide bonds. The van der Waals surface area contributed by atoms with Gasteiger partial charge in [0.2, 0.25) is 5.91 Å². The van der Waals surface area contributed by atoms with E-state index in [1.54, 1.807) is 6.92 Å². The molecule has 0 bridgehead atoms. The fraction of sp³-hybridized carbons (Fsp3) is 0.286. The van der Waals surface area contributed by atoms with Gasteiger partial charge < -0.3 is 14.6 Å². The van der Waals surface area contributed by atoms with Crippen molar-refractivity contribution in [2.75, 3.05) is 5.32 Å². The van der Waals surface area contributed by atoms with E-state index in [1.165, 1.54) is 36.0 Å². The Morgan fingerprint density at radius 2 is 1.93 bits per heavy atom. The summed E-state index contributed by atoms with van der Waals surface area (Å²) in [6, 6.07) is 13.8. The summed E-state index contributed by atoms with van der Waals surface area (Å²) in [6.45, 7) is 3.57. The van der Waals surface area contributed by atoms with Gasteiger partial charge in [0.05, 0.1) is 5.25 Å². The number of thioether (sulfide) groups is 1. The molecule has 0 saturated carbocycles. The van der Waals surface area contributed by atoms with E-state index in [9.17, 15) is 13.6 Å². The third-order valence-corrected chi connectivity index (χ3v) is 5.39. The lowest BCUT2D eigenvalue weighted by Crippen LogP contribution is -2.23. The summed E-state index contributed by atoms with van der Waals surface area (Å²) in [6.07, 6.45) is 0. The minimum absolute atomic E-state index is 0.0325. The fourth-order valence-electron chi connectivity index (χ4n) is 2.83. The molecule has 1 atom stereocenters. The van der Waals surface area contributed by atoms with Gasteiger partial charge in [-0.1, -0.05) is 35.5 Å². The van der Waals surface area contributed by atoms with E-state index in [0.717, 1.165) is 17.0 Å². The maximum atomic E-state index is 12.6. The van der Waals surface area contributed by atoms with E-state index < -0.39 is 11.9 Å². The first-order chi connectivity index (χ1) is 14.4. The van der Waals surface area contributed by atoms with Crippen molar-refractivity contribution in [2.24, 2.45) is 0 Å². The van der Waals surface area contributed by atoms with E-state index in [-0.39, 0.29) is 11.7 Å². The molecule has 0 spiro atoms. The Morgan fingerprint density at radius 1 is 1.20 bits per heavy atom. The SMILES string of the molecule is CCn1c(SC(C)C(=O)Nc2ccc(OC(F)F)cc2)nnc1-c1cccc(C)c1. The van der Waals surface area contributed by atoms with Crippen molar-refractivity contribution in [3.8, 4) is 17.1 Å². The van der Waals surface area contributed by atoms with Gasteiger partial charge in [-0.15, -0.1) is 10.2 Å². The molecule has 3 rings (SSSR count). The zero-order valence-corrected chi connectivity index (χ0v) is 17.6. The minimum Gasteiger partial charge on any atom is -0.435 e. The molecule has 1 unspecified atom stereocenters. The summed E-state index contributed by atoms with van der Waals surface area (Å²) in [5.41, 5.74) is 2.59. The van der Waals surface area contributed by atoms with Crippen molar-refractivity contribution in [1.82, 2.24) is 14.8 Å². The average Bonchev–Trinajstić information content (AvgIpc) is 3.11. The molecule has 158 valence electrons. The topological polar surface area (TPSA) is 69.0 Å². The van der Waals surface area contributed by atoms with Crippen LogP contribution < -0.4 is 10.1 Å². The molecule has 0 saturated heterocycles. The maximum Gasteiger partial charge on any atom is 0.387 e. The fourth-order valence-corrected chi connectivity index (χ4v) is 3.75. The number of ether oxygens (including phenoxy) is 1. The number of hydrogen-bond acceptors (Lipinski definition) is 5. The second kappa shape index (κ2) is 9.71. The van der Waals surface area contributed by atoms with Gasteiger partial charge >= 0.3 is 6.61 Å². The highest BCUT2D eigenvalue weighted by molar-refractivity contribution is 8.00. The van der Waals surface area contributed by atoms with Crippen molar-refractivity contribution in [2.45, 2.75) is 44.3 Å². The second-order valence-corrected chi connectivity index (χ2v) is 7.88. The van der Waals surface area contributed by atoms with Crippen LogP contribution in [0.2, 0.25) is 0 Å². The summed E-state index contributed by atoms with van der Waals surface area (Å²) >= 11 is 1.31. The van der Waals surface area contributed by atoms with Crippen LogP contribution >= 0.6 is 11.8 Å². The number of amides is 1. The lowest BCUT2D eigenvalue weighted by molar-refractivity contribution is -0.115. The van der Waals surface area contributed by atoms with Crippen LogP contribution in [0.15, 0.2) is 53.7 Å². The van der Waals surface area contributed by atoms with Crippen molar-refractivity contribution in [3.63, 3.8) is 0 Å². The summed E-state index contributed by atoms with van der Waals surface area (Å²) in [7, 11) is 0. The highest BCUT2D eigenvalue weighted by atomic mass is 32.2. The molecule has 1 heterocycles. The Bertz CT molecular complexity index is 1010. The number of anilines is 1. The van der Waals surface area contributed by atoms with Gasteiger partial charge in [0.25, 0.3) is 0 Å². The van der Waals surface area contributed by atoms with Crippen LogP contribution in [0.25, 0.3) is 11.4 Å². The number of hydrogen-bond donors (Lipinski definition) is 1. The molecule has 0 aliphatic carbocycles. The Hall–Kier alpha value is -2.94. The molecule has 0 radical (unpaired) electrons. The summed E-state index contributed by atoms with van der Waals surface area (Å²) in [5.74, 6) is 0.557. The summed E-state index contributed by atoms with van der Waals surface area (Å²) in [4.78, 5) is 12.6. The molecule has 3 aromatic rings. The Morgan fingerprint density at radius 3 is 2.57 bits per heavy atom. The van der Waals surface area contributed by atoms with Crippen LogP contribution in [0.4, 0.5) is 14.5 Å². The number of carbonyl (C=O) groups is 1. The molecule has 6 nitrogen and oxygen atoms in total. The number of alkyl halides is 2. The van der Waals surface area contributed by atoms with E-state index >= 15 is 0 Å². The average molecular weight is 432 g/mol. The Balaban J connectivity index is 1.68. The van der Waals surface area contributed by atoms with Crippen LogP contribution in [-0.4, -0.2) is 32.5 Å². The van der Waals surface area contributed by atoms with Crippen molar-refractivity contribution in [3.05, 3.63) is 54.1 Å². The van der Waals surface area contributed by atoms with Crippen LogP contribution in [0.1, 0.15) is 19.4 Å². The number of halogens is 2. The van der Waals surface area contributed by atoms with E-state index in [2.05, 4.69) is 20.3 Å². The quantitative estimate of drug-likeness (QED) is 0.508. The highest BCUT2D eigenvalue weighted by Gasteiger charge is 2.20. The van der Waals surface area contributed by atoms with E-state index in [4.69, 9.17) is 0 Å². The molecule has 2 aromatic carbocycles. The van der Waals surface area contributed by atoms with Gasteiger partial charge in [-0.05, 0) is 51.1 Å². The van der Waals surface area contributed by atoms with Gasteiger partial charge in [0.15, 0.2) is 11.0 Å². The number of carbonyl (C=O) groups excluding carboxylic acids is 1. The third kappa shape index (κ3) is 5.35. The smallest absolute Gasteiger partial charge is 0.387 e. The number of aromatic nitrogens is 3. The maximum absolute atomic E-state index is 12.6. The Kier molecular flexibility index (Phi) is 7.04. The molecule has 0 fully saturated rings. The van der Waals surface area contributed by atoms with Crippen LogP contribution in [0.5, 0.6) is 5.75 Å². The van der Waals surface area contributed by atoms with Crippen LogP contribution in [-0.2, 0) is 11.3 Å². The standard InChI is InChI=1S/C21H22F2N4O2S/c1-4-27-18(15-7-5-6-13(2)12-15)25-26-21(27)30-14(3)19(28)24-16-8-10-17(11-9-16)29-20(22)23/h5-12,14,20H,4H2,1-3H3,(H,24,28). The van der Waals surface area contributed by atoms with Crippen molar-refractivity contribution < 1.29 is 18.3 Å². The summed E-state index contributed by atoms with van der Waals surface area (Å²) < 4.78 is 30.7. The van der Waals surface area contributed by atoms with Gasteiger partial charge in [0, 0.05) is 17.8 Å². The van der Waals surface area contributed by atoms with E-state index in [0.29, 0.717) is 17.4 Å². The first-order valence-electron chi connectivity index (χ1n) is 9.40. The number of benzene rings is 2. The van der Waals surface area contributed by atoms with E-state index in [1.807, 2.05) is 42.7 Å². The first kappa shape index (κ1) is 21.8. The zero-order valence-electron chi connectivity index (χ0n) is 16.8. The largest absolute Gasteiger partial charge is 0.435 e. The third-order valence-electron chi connectivity index (χ3n) is 4.31. The highest BCUT2D eigenvalue weighted by Crippen LogP contribution is 2.28. The van der Waals surface area contributed by atoms with Gasteiger partial charge in [-0.2, -0.15) is 8.78 Å². The number of aryl methyl sites for hydroxylation is 1. The molecule has 0 aliphatic heterocycles. The van der Waals surface area contributed by atoms with Gasteiger partial charge in [-0.25, -0.2) is 0 Å². The monoisotopic (exact) mass is 432 g/mol. The predicted octanol–water partition coefficient (Wildman–Crippen LogP) is 4.99. The van der Waals surface area contributed by atoms with Crippen LogP contribution in [0, 0.1) is 6.92 Å². The molecule has 1 aromatic heterocycles. The molecule has 9 heteroatoms. The van der Waals surface area contributed by atoms with Crippen molar-refractivity contribution >= 4 is 23.4 Å². The normalized spacial score (nSPS) is 12.1. The van der Waals surface area contributed by atoms with Gasteiger partial charge in [0.1, 0.15) is 5.75 Å². The lowest BCUT2D eigenvalue weighted by atomic mass is 10.1. The molecular formula is C21H22F2N4O2S. The molecular weight excluding hydrogens is 410 g/mol. The molecule has 0 aliphatic rings. The molecule has 1 N–H and O–H groups in total. The van der Waals surface area contributed by atoms with Crippen molar-refractivity contribution in [1.29, 1.82) is 0 Å². The second-order valence-electron chi connectivity index (χ2n) is 6.57. The number of nitrogens with zero attached hydrogens (tertiary/aromatic N) is 3. The minimum atomic E-state index is -2.89. The van der Waals surface area contributed by atoms with Crippen LogP contribution in [0.3, 0.4) is 0 Å². The lowest BCUT2D eigenvalue weighted by Gasteiger charge is -2.13. The van der Waals surface area contributed by atoms with Gasteiger partial charge in [-0.3, -0.25) is 4.79 Å². The number of nitrogens with one attached hydrogen (secondary N) is 1. The summed E-state index contributed by atoms with van der Waals surface area (Å²) in [5, 5.41) is 11.6.